The van der Waals surface area contributed by atoms with Crippen LogP contribution in [0.4, 0.5) is 4.79 Å². The second-order valence-corrected chi connectivity index (χ2v) is 5.46. The van der Waals surface area contributed by atoms with Gasteiger partial charge in [-0.1, -0.05) is 26.2 Å². The van der Waals surface area contributed by atoms with Gasteiger partial charge in [-0.15, -0.1) is 0 Å². The maximum atomic E-state index is 11.9. The molecule has 0 aromatic rings. The summed E-state index contributed by atoms with van der Waals surface area (Å²) in [7, 11) is 0. The number of nitrogens with zero attached hydrogens (tertiary/aromatic N) is 1. The monoisotopic (exact) mass is 315 g/mol. The summed E-state index contributed by atoms with van der Waals surface area (Å²) in [5, 5.41) is 13.6. The first-order valence-corrected chi connectivity index (χ1v) is 8.62. The van der Waals surface area contributed by atoms with Crippen LogP contribution in [0.3, 0.4) is 0 Å². The van der Waals surface area contributed by atoms with Gasteiger partial charge in [0, 0.05) is 12.3 Å². The quantitative estimate of drug-likeness (QED) is 0.569. The predicted molar refractivity (Wildman–Crippen MR) is 84.0 cm³/mol. The van der Waals surface area contributed by atoms with E-state index in [9.17, 15) is 9.59 Å². The highest BCUT2D eigenvalue weighted by atomic mass is 32.2. The van der Waals surface area contributed by atoms with E-state index >= 15 is 0 Å². The fraction of sp³-hybridized carbons (Fsp3) is 0.786. The Morgan fingerprint density at radius 2 is 2.10 bits per heavy atom. The molecule has 7 heteroatoms. The van der Waals surface area contributed by atoms with Gasteiger partial charge in [0.1, 0.15) is 6.04 Å². The molecule has 0 aliphatic carbocycles. The Balaban J connectivity index is 4.02. The lowest BCUT2D eigenvalue weighted by atomic mass is 10.2. The van der Waals surface area contributed by atoms with Crippen molar-refractivity contribution in [1.82, 2.24) is 10.6 Å². The number of carbonyl (C=O) groups is 2. The zero-order valence-electron chi connectivity index (χ0n) is 12.8. The van der Waals surface area contributed by atoms with E-state index < -0.39 is 12.1 Å². The molecule has 2 N–H and O–H groups in total. The number of hydrogen-bond donors (Lipinski definition) is 2. The molecule has 1 atom stereocenters. The number of ether oxygens (including phenoxy) is 1. The third-order valence-corrected chi connectivity index (χ3v) is 3.38. The van der Waals surface area contributed by atoms with E-state index in [2.05, 4.69) is 17.6 Å². The number of alkyl carbamates (subject to hydrolysis) is 1. The van der Waals surface area contributed by atoms with Crippen molar-refractivity contribution in [3.05, 3.63) is 0 Å². The normalized spacial score (nSPS) is 11.3. The molecule has 0 saturated carbocycles. The Kier molecular flexibility index (Phi) is 12.6. The molecule has 0 bridgehead atoms. The van der Waals surface area contributed by atoms with Crippen LogP contribution in [0.25, 0.3) is 0 Å². The molecule has 1 unspecified atom stereocenters. The first-order chi connectivity index (χ1) is 10.2. The Hall–Kier alpha value is -1.42. The fourth-order valence-corrected chi connectivity index (χ4v) is 2.16. The number of amides is 2. The molecule has 0 saturated heterocycles. The van der Waals surface area contributed by atoms with Gasteiger partial charge in [0.15, 0.2) is 0 Å². The SMILES string of the molecule is CCCCCCOC(=O)NC(CSC)C(=O)NCCC#N. The van der Waals surface area contributed by atoms with Crippen LogP contribution in [-0.4, -0.2) is 43.2 Å². The molecule has 0 aliphatic rings. The van der Waals surface area contributed by atoms with Crippen LogP contribution in [0.2, 0.25) is 0 Å². The van der Waals surface area contributed by atoms with Crippen molar-refractivity contribution in [2.75, 3.05) is 25.2 Å². The molecular weight excluding hydrogens is 290 g/mol. The van der Waals surface area contributed by atoms with E-state index in [1.807, 2.05) is 12.3 Å². The minimum Gasteiger partial charge on any atom is -0.450 e. The lowest BCUT2D eigenvalue weighted by Crippen LogP contribution is -2.48. The van der Waals surface area contributed by atoms with Crippen molar-refractivity contribution in [3.8, 4) is 6.07 Å². The maximum absolute atomic E-state index is 11.9. The van der Waals surface area contributed by atoms with E-state index in [4.69, 9.17) is 10.00 Å². The number of hydrogen-bond acceptors (Lipinski definition) is 5. The Morgan fingerprint density at radius 3 is 2.71 bits per heavy atom. The lowest BCUT2D eigenvalue weighted by Gasteiger charge is -2.17. The third-order valence-electron chi connectivity index (χ3n) is 2.71. The average molecular weight is 315 g/mol. The first kappa shape index (κ1) is 19.6. The summed E-state index contributed by atoms with van der Waals surface area (Å²) in [6, 6.07) is 1.31. The number of nitrogens with one attached hydrogen (secondary N) is 2. The van der Waals surface area contributed by atoms with Crippen LogP contribution >= 0.6 is 11.8 Å². The molecule has 0 aromatic carbocycles. The summed E-state index contributed by atoms with van der Waals surface area (Å²) in [5.41, 5.74) is 0. The molecule has 120 valence electrons. The molecule has 0 heterocycles. The van der Waals surface area contributed by atoms with Gasteiger partial charge in [0.2, 0.25) is 5.91 Å². The number of thioether (sulfide) groups is 1. The molecule has 0 fully saturated rings. The van der Waals surface area contributed by atoms with Crippen molar-refractivity contribution in [2.45, 2.75) is 45.1 Å². The van der Waals surface area contributed by atoms with Crippen molar-refractivity contribution in [3.63, 3.8) is 0 Å². The van der Waals surface area contributed by atoms with E-state index in [1.54, 1.807) is 0 Å². The highest BCUT2D eigenvalue weighted by Gasteiger charge is 2.20. The van der Waals surface area contributed by atoms with Gasteiger partial charge >= 0.3 is 6.09 Å². The number of unbranched alkanes of at least 4 members (excludes halogenated alkanes) is 3. The van der Waals surface area contributed by atoms with Gasteiger partial charge in [-0.2, -0.15) is 17.0 Å². The van der Waals surface area contributed by atoms with Gasteiger partial charge in [-0.05, 0) is 12.7 Å². The van der Waals surface area contributed by atoms with Gasteiger partial charge in [0.05, 0.1) is 19.1 Å². The van der Waals surface area contributed by atoms with Crippen LogP contribution in [0.1, 0.15) is 39.0 Å². The van der Waals surface area contributed by atoms with Gasteiger partial charge in [-0.3, -0.25) is 4.79 Å². The zero-order valence-corrected chi connectivity index (χ0v) is 13.6. The van der Waals surface area contributed by atoms with E-state index in [0.29, 0.717) is 12.4 Å². The second-order valence-electron chi connectivity index (χ2n) is 4.55. The average Bonchev–Trinajstić information content (AvgIpc) is 2.46. The first-order valence-electron chi connectivity index (χ1n) is 7.22. The summed E-state index contributed by atoms with van der Waals surface area (Å²) < 4.78 is 5.05. The molecule has 0 radical (unpaired) electrons. The maximum Gasteiger partial charge on any atom is 0.407 e. The summed E-state index contributed by atoms with van der Waals surface area (Å²) in [4.78, 5) is 23.5. The van der Waals surface area contributed by atoms with Crippen LogP contribution in [0, 0.1) is 11.3 Å². The van der Waals surface area contributed by atoms with E-state index in [1.165, 1.54) is 11.8 Å². The fourth-order valence-electron chi connectivity index (χ4n) is 1.59. The predicted octanol–water partition coefficient (Wildman–Crippen LogP) is 2.05. The number of carbonyl (C=O) groups excluding carboxylic acids is 2. The Labute approximate surface area is 131 Å². The van der Waals surface area contributed by atoms with Crippen molar-refractivity contribution < 1.29 is 14.3 Å². The number of nitriles is 1. The van der Waals surface area contributed by atoms with Gasteiger partial charge < -0.3 is 15.4 Å². The topological polar surface area (TPSA) is 91.2 Å². The summed E-state index contributed by atoms with van der Waals surface area (Å²) in [5.74, 6) is 0.172. The minimum atomic E-state index is -0.637. The molecule has 0 aliphatic heterocycles. The van der Waals surface area contributed by atoms with Gasteiger partial charge in [-0.25, -0.2) is 4.79 Å². The molecule has 0 rings (SSSR count). The molecule has 6 nitrogen and oxygen atoms in total. The summed E-state index contributed by atoms with van der Waals surface area (Å²) in [6.45, 7) is 2.77. The number of rotatable bonds is 11. The zero-order chi connectivity index (χ0) is 15.9. The smallest absolute Gasteiger partial charge is 0.407 e. The minimum absolute atomic E-state index is 0.250. The molecule has 2 amide bonds. The van der Waals surface area contributed by atoms with Crippen LogP contribution in [-0.2, 0) is 9.53 Å². The van der Waals surface area contributed by atoms with Crippen molar-refractivity contribution in [1.29, 1.82) is 5.26 Å². The largest absolute Gasteiger partial charge is 0.450 e. The van der Waals surface area contributed by atoms with E-state index in [0.717, 1.165) is 25.7 Å². The van der Waals surface area contributed by atoms with Crippen LogP contribution < -0.4 is 10.6 Å². The standard InChI is InChI=1S/C14H25N3O3S/c1-3-4-5-6-10-20-14(19)17-12(11-21-2)13(18)16-9-7-8-15/h12H,3-7,9-11H2,1-2H3,(H,16,18)(H,17,19). The van der Waals surface area contributed by atoms with Gasteiger partial charge in [0.25, 0.3) is 0 Å². The van der Waals surface area contributed by atoms with Crippen LogP contribution in [0.15, 0.2) is 0 Å². The Morgan fingerprint density at radius 1 is 1.33 bits per heavy atom. The highest BCUT2D eigenvalue weighted by Crippen LogP contribution is 2.01. The summed E-state index contributed by atoms with van der Waals surface area (Å²) >= 11 is 1.46. The highest BCUT2D eigenvalue weighted by molar-refractivity contribution is 7.98. The molecular formula is C14H25N3O3S. The third kappa shape index (κ3) is 11.0. The van der Waals surface area contributed by atoms with Crippen molar-refractivity contribution >= 4 is 23.8 Å². The van der Waals surface area contributed by atoms with Crippen molar-refractivity contribution in [2.24, 2.45) is 0 Å². The van der Waals surface area contributed by atoms with E-state index in [-0.39, 0.29) is 18.9 Å². The molecule has 0 spiro atoms. The molecule has 21 heavy (non-hydrogen) atoms. The molecule has 0 aromatic heterocycles. The summed E-state index contributed by atoms with van der Waals surface area (Å²) in [6.07, 6.45) is 5.66. The Bertz CT molecular complexity index is 345. The van der Waals surface area contributed by atoms with Crippen LogP contribution in [0.5, 0.6) is 0 Å². The lowest BCUT2D eigenvalue weighted by molar-refractivity contribution is -0.122. The second kappa shape index (κ2) is 13.6.